The molecule has 2 N–H and O–H groups in total. The summed E-state index contributed by atoms with van der Waals surface area (Å²) in [6.07, 6.45) is -2.21. The molecule has 0 aliphatic rings. The van der Waals surface area contributed by atoms with E-state index in [0.717, 1.165) is 11.6 Å². The van der Waals surface area contributed by atoms with Crippen LogP contribution in [-0.4, -0.2) is 44.2 Å². The van der Waals surface area contributed by atoms with Crippen molar-refractivity contribution in [2.45, 2.75) is 6.18 Å². The first kappa shape index (κ1) is 25.8. The van der Waals surface area contributed by atoms with Gasteiger partial charge in [0.25, 0.3) is 5.91 Å². The number of aromatic nitrogens is 4. The number of amides is 1. The zero-order chi connectivity index (χ0) is 26.6. The van der Waals surface area contributed by atoms with E-state index < -0.39 is 35.4 Å². The number of amidine groups is 1. The van der Waals surface area contributed by atoms with Crippen LogP contribution in [0.4, 0.5) is 29.1 Å². The predicted molar refractivity (Wildman–Crippen MR) is 123 cm³/mol. The summed E-state index contributed by atoms with van der Waals surface area (Å²) in [6.45, 7) is 0. The molecule has 0 aliphatic carbocycles. The summed E-state index contributed by atoms with van der Waals surface area (Å²) < 4.78 is 56.0. The van der Waals surface area contributed by atoms with Crippen molar-refractivity contribution in [3.8, 4) is 10.6 Å². The topological polar surface area (TPSA) is 144 Å². The summed E-state index contributed by atoms with van der Waals surface area (Å²) in [4.78, 5) is 40.1. The molecule has 1 amide bonds. The Hall–Kier alpha value is -4.25. The van der Waals surface area contributed by atoms with E-state index in [1.807, 2.05) is 0 Å². The van der Waals surface area contributed by atoms with Crippen molar-refractivity contribution in [3.63, 3.8) is 0 Å². The van der Waals surface area contributed by atoms with E-state index in [4.69, 9.17) is 0 Å². The molecule has 3 heterocycles. The van der Waals surface area contributed by atoms with Gasteiger partial charge >= 0.3 is 12.1 Å². The number of alkyl halides is 3. The fourth-order valence-electron chi connectivity index (χ4n) is 2.56. The highest BCUT2D eigenvalue weighted by molar-refractivity contribution is 9.10. The van der Waals surface area contributed by atoms with Gasteiger partial charge in [-0.15, -0.1) is 11.3 Å². The van der Waals surface area contributed by atoms with Crippen LogP contribution in [0.2, 0.25) is 0 Å². The minimum absolute atomic E-state index is 0.000558. The highest BCUT2D eigenvalue weighted by Gasteiger charge is 2.42. The van der Waals surface area contributed by atoms with Gasteiger partial charge in [0, 0.05) is 23.3 Å². The average molecular weight is 600 g/mol. The van der Waals surface area contributed by atoms with Crippen LogP contribution in [0.15, 0.2) is 62.2 Å². The van der Waals surface area contributed by atoms with E-state index in [2.05, 4.69) is 56.0 Å². The van der Waals surface area contributed by atoms with Gasteiger partial charge in [-0.2, -0.15) is 18.7 Å². The van der Waals surface area contributed by atoms with Gasteiger partial charge < -0.3 is 10.2 Å². The van der Waals surface area contributed by atoms with Crippen molar-refractivity contribution in [3.05, 3.63) is 69.8 Å². The maximum atomic E-state index is 13.6. The third-order valence-electron chi connectivity index (χ3n) is 4.22. The Labute approximate surface area is 215 Å². The second-order valence-corrected chi connectivity index (χ2v) is 8.45. The van der Waals surface area contributed by atoms with Gasteiger partial charge in [-0.25, -0.2) is 23.8 Å². The number of pyridine rings is 1. The molecular weight excluding hydrogens is 590 g/mol. The van der Waals surface area contributed by atoms with E-state index in [-0.39, 0.29) is 21.7 Å². The van der Waals surface area contributed by atoms with Gasteiger partial charge in [-0.05, 0) is 56.6 Å². The minimum atomic E-state index is -5.33. The second kappa shape index (κ2) is 10.8. The lowest BCUT2D eigenvalue weighted by molar-refractivity contribution is -0.203. The third-order valence-corrected chi connectivity index (χ3v) is 5.72. The molecule has 11 nitrogen and oxygen atoms in total. The number of hydroxylamine groups is 1. The van der Waals surface area contributed by atoms with Crippen molar-refractivity contribution in [2.75, 3.05) is 5.32 Å². The lowest BCUT2D eigenvalue weighted by Gasteiger charge is -2.10. The molecule has 0 atom stereocenters. The Balaban J connectivity index is 1.61. The Morgan fingerprint density at radius 1 is 1.14 bits per heavy atom. The van der Waals surface area contributed by atoms with Gasteiger partial charge in [0.2, 0.25) is 5.82 Å². The Morgan fingerprint density at radius 3 is 2.59 bits per heavy atom. The Kier molecular flexibility index (Phi) is 7.53. The van der Waals surface area contributed by atoms with Crippen molar-refractivity contribution in [1.82, 2.24) is 25.8 Å². The number of anilines is 1. The molecule has 4 rings (SSSR count). The molecule has 0 bridgehead atoms. The molecule has 1 aromatic carbocycles. The molecule has 37 heavy (non-hydrogen) atoms. The summed E-state index contributed by atoms with van der Waals surface area (Å²) in [5.74, 6) is -5.00. The Bertz CT molecular complexity index is 1480. The van der Waals surface area contributed by atoms with Gasteiger partial charge in [0.05, 0.1) is 10.2 Å². The summed E-state index contributed by atoms with van der Waals surface area (Å²) in [5.41, 5.74) is 2.00. The Morgan fingerprint density at radius 2 is 1.89 bits per heavy atom. The van der Waals surface area contributed by atoms with E-state index in [0.29, 0.717) is 5.01 Å². The van der Waals surface area contributed by atoms with Gasteiger partial charge in [0.15, 0.2) is 11.5 Å². The number of aliphatic imine (C=N–C) groups is 1. The van der Waals surface area contributed by atoms with Gasteiger partial charge in [0.1, 0.15) is 16.5 Å². The summed E-state index contributed by atoms with van der Waals surface area (Å²) in [6, 6.07) is 6.78. The number of halogens is 5. The number of carbonyl (C=O) groups is 2. The smallest absolute Gasteiger partial charge is 0.333 e. The molecule has 0 saturated carbocycles. The SMILES string of the molecule is O=C(Nc1nonc1C(=Nc1ccc(F)c(Br)c1)NOC(=O)C(F)(F)F)c1csc(-c2ccncc2)n1. The number of rotatable bonds is 5. The van der Waals surface area contributed by atoms with Crippen LogP contribution in [-0.2, 0) is 9.63 Å². The maximum absolute atomic E-state index is 13.6. The van der Waals surface area contributed by atoms with E-state index >= 15 is 0 Å². The molecule has 0 radical (unpaired) electrons. The number of nitrogens with one attached hydrogen (secondary N) is 2. The quantitative estimate of drug-likeness (QED) is 0.147. The number of thiazole rings is 1. The molecule has 0 fully saturated rings. The van der Waals surface area contributed by atoms with Gasteiger partial charge in [-0.1, -0.05) is 0 Å². The number of nitrogens with zero attached hydrogens (tertiary/aromatic N) is 5. The van der Waals surface area contributed by atoms with Crippen LogP contribution < -0.4 is 10.8 Å². The highest BCUT2D eigenvalue weighted by atomic mass is 79.9. The maximum Gasteiger partial charge on any atom is 0.493 e. The molecule has 0 aliphatic heterocycles. The summed E-state index contributed by atoms with van der Waals surface area (Å²) >= 11 is 4.13. The minimum Gasteiger partial charge on any atom is -0.333 e. The molecule has 3 aromatic heterocycles. The summed E-state index contributed by atoms with van der Waals surface area (Å²) in [7, 11) is 0. The monoisotopic (exact) mass is 599 g/mol. The van der Waals surface area contributed by atoms with Crippen LogP contribution in [0.25, 0.3) is 10.6 Å². The largest absolute Gasteiger partial charge is 0.493 e. The molecular formula is C20H10BrF4N7O4S. The van der Waals surface area contributed by atoms with Crippen molar-refractivity contribution >= 4 is 56.5 Å². The fourth-order valence-corrected chi connectivity index (χ4v) is 3.74. The molecule has 0 unspecified atom stereocenters. The zero-order valence-corrected chi connectivity index (χ0v) is 20.2. The fraction of sp³-hybridized carbons (Fsp3) is 0.0500. The van der Waals surface area contributed by atoms with E-state index in [1.165, 1.54) is 28.8 Å². The van der Waals surface area contributed by atoms with E-state index in [9.17, 15) is 27.2 Å². The number of carbonyl (C=O) groups excluding carboxylic acids is 2. The highest BCUT2D eigenvalue weighted by Crippen LogP contribution is 2.25. The predicted octanol–water partition coefficient (Wildman–Crippen LogP) is 4.43. The second-order valence-electron chi connectivity index (χ2n) is 6.74. The number of benzene rings is 1. The van der Waals surface area contributed by atoms with Crippen molar-refractivity contribution < 1.29 is 36.6 Å². The van der Waals surface area contributed by atoms with Crippen molar-refractivity contribution in [1.29, 1.82) is 0 Å². The molecule has 17 heteroatoms. The van der Waals surface area contributed by atoms with Crippen molar-refractivity contribution in [2.24, 2.45) is 4.99 Å². The first-order valence-electron chi connectivity index (χ1n) is 9.70. The summed E-state index contributed by atoms with van der Waals surface area (Å²) in [5, 5.41) is 11.4. The first-order chi connectivity index (χ1) is 17.6. The zero-order valence-electron chi connectivity index (χ0n) is 17.8. The lowest BCUT2D eigenvalue weighted by Crippen LogP contribution is -2.35. The molecule has 0 spiro atoms. The molecule has 0 saturated heterocycles. The number of hydrogen-bond donors (Lipinski definition) is 2. The van der Waals surface area contributed by atoms with Crippen LogP contribution in [0, 0.1) is 5.82 Å². The normalized spacial score (nSPS) is 11.8. The lowest BCUT2D eigenvalue weighted by atomic mass is 10.3. The third kappa shape index (κ3) is 6.31. The standard InChI is InChI=1S/C20H10BrF4N7O4S/c21-11-7-10(1-2-12(11)22)27-15(31-35-19(34)20(23,24)25)14-16(32-36-30-14)29-17(33)13-8-37-18(28-13)9-3-5-26-6-4-9/h1-8H,(H,27,31)(H,29,32,33). The van der Waals surface area contributed by atoms with E-state index in [1.54, 1.807) is 30.0 Å². The van der Waals surface area contributed by atoms with Gasteiger partial charge in [-0.3, -0.25) is 9.78 Å². The van der Waals surface area contributed by atoms with Crippen LogP contribution in [0.5, 0.6) is 0 Å². The molecule has 190 valence electrons. The van der Waals surface area contributed by atoms with Crippen LogP contribution in [0.3, 0.4) is 0 Å². The first-order valence-corrected chi connectivity index (χ1v) is 11.4. The number of hydrogen-bond acceptors (Lipinski definition) is 10. The van der Waals surface area contributed by atoms with Crippen LogP contribution in [0.1, 0.15) is 16.2 Å². The average Bonchev–Trinajstić information content (AvgIpc) is 3.54. The van der Waals surface area contributed by atoms with Crippen LogP contribution >= 0.6 is 27.3 Å². The molecule has 4 aromatic rings.